The summed E-state index contributed by atoms with van der Waals surface area (Å²) < 4.78 is 0. The lowest BCUT2D eigenvalue weighted by atomic mass is 10.0. The molecule has 2 amide bonds. The molecule has 1 aliphatic rings. The molecule has 0 spiro atoms. The third kappa shape index (κ3) is 4.08. The van der Waals surface area contributed by atoms with Crippen molar-refractivity contribution in [2.24, 2.45) is 0 Å². The number of hydrogen-bond acceptors (Lipinski definition) is 3. The predicted molar refractivity (Wildman–Crippen MR) is 104 cm³/mol. The van der Waals surface area contributed by atoms with Gasteiger partial charge < -0.3 is 9.80 Å². The van der Waals surface area contributed by atoms with Crippen molar-refractivity contribution in [2.45, 2.75) is 27.3 Å². The van der Waals surface area contributed by atoms with Crippen LogP contribution in [0.25, 0.3) is 0 Å². The molecule has 2 aromatic rings. The summed E-state index contributed by atoms with van der Waals surface area (Å²) in [6.45, 7) is 7.10. The van der Waals surface area contributed by atoms with Crippen molar-refractivity contribution < 1.29 is 14.4 Å². The summed E-state index contributed by atoms with van der Waals surface area (Å²) in [6.07, 6.45) is 0. The molecule has 0 N–H and O–H groups in total. The Kier molecular flexibility index (Phi) is 5.40. The highest BCUT2D eigenvalue weighted by atomic mass is 16.2. The fraction of sp³-hybridized carbons (Fsp3) is 0.318. The first-order valence-electron chi connectivity index (χ1n) is 9.10. The van der Waals surface area contributed by atoms with Crippen LogP contribution in [0.5, 0.6) is 0 Å². The summed E-state index contributed by atoms with van der Waals surface area (Å²) in [7, 11) is 0. The van der Waals surface area contributed by atoms with Crippen LogP contribution >= 0.6 is 0 Å². The Morgan fingerprint density at radius 1 is 0.963 bits per heavy atom. The van der Waals surface area contributed by atoms with Crippen molar-refractivity contribution in [2.75, 3.05) is 19.6 Å². The molecule has 1 aliphatic heterocycles. The summed E-state index contributed by atoms with van der Waals surface area (Å²) in [5.74, 6) is -0.494. The topological polar surface area (TPSA) is 57.7 Å². The van der Waals surface area contributed by atoms with E-state index in [0.29, 0.717) is 30.8 Å². The summed E-state index contributed by atoms with van der Waals surface area (Å²) in [5, 5.41) is 0. The molecule has 140 valence electrons. The number of Topliss-reactive ketones (excluding diaryl/α,β-unsaturated/α-hetero) is 1. The molecule has 0 unspecified atom stereocenters. The number of rotatable bonds is 4. The fourth-order valence-electron chi connectivity index (χ4n) is 3.32. The maximum atomic E-state index is 12.8. The van der Waals surface area contributed by atoms with Gasteiger partial charge in [0, 0.05) is 25.2 Å². The monoisotopic (exact) mass is 364 g/mol. The van der Waals surface area contributed by atoms with Crippen molar-refractivity contribution in [1.29, 1.82) is 0 Å². The molecular weight excluding hydrogens is 340 g/mol. The number of carbonyl (C=O) groups is 3. The SMILES string of the molecule is CC(=O)c1ccccc1C(=O)N1CCN(Cc2ccc(C)c(C)c2)C(=O)C1. The zero-order valence-electron chi connectivity index (χ0n) is 16.0. The van der Waals surface area contributed by atoms with Gasteiger partial charge in [-0.2, -0.15) is 0 Å². The van der Waals surface area contributed by atoms with Crippen LogP contribution in [0.1, 0.15) is 44.3 Å². The van der Waals surface area contributed by atoms with Crippen LogP contribution in [0.2, 0.25) is 0 Å². The van der Waals surface area contributed by atoms with Crippen LogP contribution in [0.15, 0.2) is 42.5 Å². The smallest absolute Gasteiger partial charge is 0.255 e. The van der Waals surface area contributed by atoms with Crippen molar-refractivity contribution in [3.8, 4) is 0 Å². The highest BCUT2D eigenvalue weighted by Crippen LogP contribution is 2.17. The third-order valence-corrected chi connectivity index (χ3v) is 5.09. The fourth-order valence-corrected chi connectivity index (χ4v) is 3.32. The van der Waals surface area contributed by atoms with Crippen molar-refractivity contribution in [3.63, 3.8) is 0 Å². The van der Waals surface area contributed by atoms with E-state index in [-0.39, 0.29) is 24.1 Å². The summed E-state index contributed by atoms with van der Waals surface area (Å²) >= 11 is 0. The minimum absolute atomic E-state index is 0.0376. The molecule has 1 fully saturated rings. The second-order valence-electron chi connectivity index (χ2n) is 7.06. The highest BCUT2D eigenvalue weighted by Gasteiger charge is 2.29. The average Bonchev–Trinajstić information content (AvgIpc) is 2.65. The van der Waals surface area contributed by atoms with E-state index < -0.39 is 0 Å². The van der Waals surface area contributed by atoms with Crippen LogP contribution < -0.4 is 0 Å². The Balaban J connectivity index is 1.70. The number of ketones is 1. The summed E-state index contributed by atoms with van der Waals surface area (Å²) in [6, 6.07) is 13.0. The van der Waals surface area contributed by atoms with E-state index in [2.05, 4.69) is 26.0 Å². The number of aryl methyl sites for hydroxylation is 2. The molecule has 5 heteroatoms. The van der Waals surface area contributed by atoms with Gasteiger partial charge >= 0.3 is 0 Å². The quantitative estimate of drug-likeness (QED) is 0.784. The molecule has 0 radical (unpaired) electrons. The second kappa shape index (κ2) is 7.74. The molecule has 0 atom stereocenters. The first-order valence-corrected chi connectivity index (χ1v) is 9.10. The molecule has 1 saturated heterocycles. The van der Waals surface area contributed by atoms with Gasteiger partial charge in [-0.15, -0.1) is 0 Å². The van der Waals surface area contributed by atoms with Gasteiger partial charge in [0.15, 0.2) is 5.78 Å². The Morgan fingerprint density at radius 2 is 1.67 bits per heavy atom. The molecule has 5 nitrogen and oxygen atoms in total. The van der Waals surface area contributed by atoms with Gasteiger partial charge in [-0.05, 0) is 43.5 Å². The van der Waals surface area contributed by atoms with E-state index in [0.717, 1.165) is 5.56 Å². The average molecular weight is 364 g/mol. The first kappa shape index (κ1) is 18.8. The van der Waals surface area contributed by atoms with Gasteiger partial charge in [0.25, 0.3) is 5.91 Å². The van der Waals surface area contributed by atoms with Crippen molar-refractivity contribution in [3.05, 3.63) is 70.3 Å². The minimum Gasteiger partial charge on any atom is -0.335 e. The molecule has 0 aromatic heterocycles. The molecule has 0 aliphatic carbocycles. The van der Waals surface area contributed by atoms with E-state index in [1.807, 2.05) is 6.07 Å². The molecule has 0 saturated carbocycles. The van der Waals surface area contributed by atoms with E-state index in [4.69, 9.17) is 0 Å². The van der Waals surface area contributed by atoms with Crippen LogP contribution in [-0.4, -0.2) is 47.0 Å². The van der Waals surface area contributed by atoms with Gasteiger partial charge in [0.2, 0.25) is 5.91 Å². The predicted octanol–water partition coefficient (Wildman–Crippen LogP) is 2.99. The van der Waals surface area contributed by atoms with Gasteiger partial charge in [0.05, 0.1) is 5.56 Å². The van der Waals surface area contributed by atoms with E-state index in [9.17, 15) is 14.4 Å². The van der Waals surface area contributed by atoms with Crippen LogP contribution in [-0.2, 0) is 11.3 Å². The van der Waals surface area contributed by atoms with Crippen LogP contribution in [0.3, 0.4) is 0 Å². The lowest BCUT2D eigenvalue weighted by Gasteiger charge is -2.34. The number of benzene rings is 2. The molecule has 0 bridgehead atoms. The largest absolute Gasteiger partial charge is 0.335 e. The Hall–Kier alpha value is -2.95. The highest BCUT2D eigenvalue weighted by molar-refractivity contribution is 6.07. The summed E-state index contributed by atoms with van der Waals surface area (Å²) in [4.78, 5) is 40.5. The Labute approximate surface area is 159 Å². The lowest BCUT2D eigenvalue weighted by Crippen LogP contribution is -2.52. The first-order chi connectivity index (χ1) is 12.9. The number of nitrogens with zero attached hydrogens (tertiary/aromatic N) is 2. The van der Waals surface area contributed by atoms with E-state index in [1.54, 1.807) is 29.2 Å². The Bertz CT molecular complexity index is 904. The standard InChI is InChI=1S/C22H24N2O3/c1-15-8-9-18(12-16(15)2)13-23-10-11-24(14-21(23)26)22(27)20-7-5-4-6-19(20)17(3)25/h4-9,12H,10-11,13-14H2,1-3H3. The molecular formula is C22H24N2O3. The molecule has 1 heterocycles. The van der Waals surface area contributed by atoms with Crippen molar-refractivity contribution in [1.82, 2.24) is 9.80 Å². The minimum atomic E-state index is -0.264. The number of piperazine rings is 1. The maximum absolute atomic E-state index is 12.8. The summed E-state index contributed by atoms with van der Waals surface area (Å²) in [5.41, 5.74) is 4.28. The van der Waals surface area contributed by atoms with Gasteiger partial charge in [-0.3, -0.25) is 14.4 Å². The second-order valence-corrected chi connectivity index (χ2v) is 7.06. The number of hydrogen-bond donors (Lipinski definition) is 0. The zero-order valence-corrected chi connectivity index (χ0v) is 16.0. The van der Waals surface area contributed by atoms with Crippen molar-refractivity contribution >= 4 is 17.6 Å². The third-order valence-electron chi connectivity index (χ3n) is 5.09. The molecule has 27 heavy (non-hydrogen) atoms. The van der Waals surface area contributed by atoms with Crippen LogP contribution in [0.4, 0.5) is 0 Å². The van der Waals surface area contributed by atoms with Gasteiger partial charge in [0.1, 0.15) is 6.54 Å². The normalized spacial score (nSPS) is 14.4. The van der Waals surface area contributed by atoms with E-state index in [1.165, 1.54) is 23.0 Å². The van der Waals surface area contributed by atoms with Gasteiger partial charge in [-0.25, -0.2) is 0 Å². The van der Waals surface area contributed by atoms with E-state index >= 15 is 0 Å². The number of amides is 2. The lowest BCUT2D eigenvalue weighted by molar-refractivity contribution is -0.135. The van der Waals surface area contributed by atoms with Gasteiger partial charge in [-0.1, -0.05) is 36.4 Å². The number of carbonyl (C=O) groups excluding carboxylic acids is 3. The zero-order chi connectivity index (χ0) is 19.6. The Morgan fingerprint density at radius 3 is 2.30 bits per heavy atom. The molecule has 2 aromatic carbocycles. The molecule has 3 rings (SSSR count). The van der Waals surface area contributed by atoms with Crippen LogP contribution in [0, 0.1) is 13.8 Å². The maximum Gasteiger partial charge on any atom is 0.255 e.